The Morgan fingerprint density at radius 2 is 2.55 bits per heavy atom. The number of aliphatic hydroxyl groups excluding tert-OH is 1. The van der Waals surface area contributed by atoms with Crippen LogP contribution in [0.1, 0.15) is 12.8 Å². The third kappa shape index (κ3) is 2.48. The van der Waals surface area contributed by atoms with Crippen molar-refractivity contribution in [3.05, 3.63) is 23.8 Å². The third-order valence-corrected chi connectivity index (χ3v) is 1.80. The predicted molar refractivity (Wildman–Crippen MR) is 44.3 cm³/mol. The summed E-state index contributed by atoms with van der Waals surface area (Å²) in [4.78, 5) is 0. The van der Waals surface area contributed by atoms with E-state index in [-0.39, 0.29) is 0 Å². The molecule has 0 heterocycles. The normalized spacial score (nSPS) is 19.6. The maximum Gasteiger partial charge on any atom is 0.0986 e. The molecule has 2 nitrogen and oxygen atoms in total. The Morgan fingerprint density at radius 1 is 1.73 bits per heavy atom. The van der Waals surface area contributed by atoms with Crippen LogP contribution in [0.15, 0.2) is 23.8 Å². The van der Waals surface area contributed by atoms with Crippen molar-refractivity contribution < 1.29 is 9.84 Å². The topological polar surface area (TPSA) is 29.5 Å². The summed E-state index contributed by atoms with van der Waals surface area (Å²) in [6.07, 6.45) is 7.63. The fraction of sp³-hybridized carbons (Fsp3) is 0.556. The van der Waals surface area contributed by atoms with Crippen LogP contribution in [-0.2, 0) is 4.74 Å². The first kappa shape index (κ1) is 8.50. The van der Waals surface area contributed by atoms with Crippen LogP contribution in [-0.4, -0.2) is 24.9 Å². The van der Waals surface area contributed by atoms with Gasteiger partial charge in [0.05, 0.1) is 12.7 Å². The highest BCUT2D eigenvalue weighted by molar-refractivity contribution is 5.20. The van der Waals surface area contributed by atoms with E-state index in [9.17, 15) is 5.11 Å². The van der Waals surface area contributed by atoms with Gasteiger partial charge in [0, 0.05) is 7.11 Å². The van der Waals surface area contributed by atoms with E-state index < -0.39 is 6.10 Å². The van der Waals surface area contributed by atoms with E-state index in [1.807, 2.05) is 12.2 Å². The van der Waals surface area contributed by atoms with Crippen LogP contribution in [0.3, 0.4) is 0 Å². The summed E-state index contributed by atoms with van der Waals surface area (Å²) in [5, 5.41) is 9.45. The molecule has 1 unspecified atom stereocenters. The zero-order valence-corrected chi connectivity index (χ0v) is 6.79. The molecule has 62 valence electrons. The standard InChI is InChI=1S/C9H14O2/c1-11-7-9(10)8-5-3-2-4-6-8/h2-3,5,9-10H,4,6-7H2,1H3. The molecule has 0 fully saturated rings. The van der Waals surface area contributed by atoms with Crippen molar-refractivity contribution in [1.82, 2.24) is 0 Å². The van der Waals surface area contributed by atoms with E-state index in [0.717, 1.165) is 18.4 Å². The van der Waals surface area contributed by atoms with E-state index in [4.69, 9.17) is 4.74 Å². The van der Waals surface area contributed by atoms with Crippen LogP contribution >= 0.6 is 0 Å². The molecule has 1 N–H and O–H groups in total. The number of methoxy groups -OCH3 is 1. The Labute approximate surface area is 67.2 Å². The van der Waals surface area contributed by atoms with E-state index in [1.54, 1.807) is 7.11 Å². The van der Waals surface area contributed by atoms with E-state index in [2.05, 4.69) is 6.08 Å². The molecule has 0 bridgehead atoms. The summed E-state index contributed by atoms with van der Waals surface area (Å²) in [5.41, 5.74) is 1.08. The van der Waals surface area contributed by atoms with Gasteiger partial charge in [0.2, 0.25) is 0 Å². The van der Waals surface area contributed by atoms with Crippen LogP contribution in [0.2, 0.25) is 0 Å². The highest BCUT2D eigenvalue weighted by Crippen LogP contribution is 2.15. The molecule has 0 aliphatic heterocycles. The van der Waals surface area contributed by atoms with Gasteiger partial charge in [0.1, 0.15) is 0 Å². The second-order valence-corrected chi connectivity index (χ2v) is 2.68. The van der Waals surface area contributed by atoms with Crippen LogP contribution in [0, 0.1) is 0 Å². The van der Waals surface area contributed by atoms with Gasteiger partial charge in [0.25, 0.3) is 0 Å². The van der Waals surface area contributed by atoms with Crippen molar-refractivity contribution in [2.45, 2.75) is 18.9 Å². The molecule has 1 aliphatic rings. The molecule has 0 saturated carbocycles. The lowest BCUT2D eigenvalue weighted by molar-refractivity contribution is 0.0844. The molecule has 0 aromatic heterocycles. The number of hydrogen-bond acceptors (Lipinski definition) is 2. The van der Waals surface area contributed by atoms with Crippen molar-refractivity contribution in [3.8, 4) is 0 Å². The van der Waals surface area contributed by atoms with E-state index in [0.29, 0.717) is 6.61 Å². The maximum absolute atomic E-state index is 9.45. The number of ether oxygens (including phenoxy) is 1. The van der Waals surface area contributed by atoms with Gasteiger partial charge in [-0.2, -0.15) is 0 Å². The highest BCUT2D eigenvalue weighted by Gasteiger charge is 2.10. The van der Waals surface area contributed by atoms with Gasteiger partial charge in [-0.1, -0.05) is 18.2 Å². The molecule has 1 atom stereocenters. The van der Waals surface area contributed by atoms with Crippen molar-refractivity contribution in [1.29, 1.82) is 0 Å². The molecule has 1 aliphatic carbocycles. The lowest BCUT2D eigenvalue weighted by atomic mass is 10.0. The second kappa shape index (κ2) is 4.31. The molecule has 0 aromatic rings. The van der Waals surface area contributed by atoms with Crippen molar-refractivity contribution in [2.24, 2.45) is 0 Å². The van der Waals surface area contributed by atoms with Crippen molar-refractivity contribution in [2.75, 3.05) is 13.7 Å². The van der Waals surface area contributed by atoms with Crippen LogP contribution < -0.4 is 0 Å². The van der Waals surface area contributed by atoms with Crippen molar-refractivity contribution >= 4 is 0 Å². The molecule has 1 rings (SSSR count). The first-order chi connectivity index (χ1) is 5.34. The molecule has 11 heavy (non-hydrogen) atoms. The van der Waals surface area contributed by atoms with Gasteiger partial charge in [0.15, 0.2) is 0 Å². The highest BCUT2D eigenvalue weighted by atomic mass is 16.5. The monoisotopic (exact) mass is 154 g/mol. The molecule has 0 radical (unpaired) electrons. The summed E-state index contributed by atoms with van der Waals surface area (Å²) in [5.74, 6) is 0. The largest absolute Gasteiger partial charge is 0.386 e. The maximum atomic E-state index is 9.45. The summed E-state index contributed by atoms with van der Waals surface area (Å²) in [7, 11) is 1.60. The van der Waals surface area contributed by atoms with Gasteiger partial charge >= 0.3 is 0 Å². The minimum Gasteiger partial charge on any atom is -0.386 e. The minimum absolute atomic E-state index is 0.402. The molecular formula is C9H14O2. The average molecular weight is 154 g/mol. The van der Waals surface area contributed by atoms with Gasteiger partial charge in [-0.25, -0.2) is 0 Å². The predicted octanol–water partition coefficient (Wildman–Crippen LogP) is 1.27. The molecular weight excluding hydrogens is 140 g/mol. The Balaban J connectivity index is 2.44. The fourth-order valence-corrected chi connectivity index (χ4v) is 1.16. The first-order valence-electron chi connectivity index (χ1n) is 3.87. The smallest absolute Gasteiger partial charge is 0.0986 e. The van der Waals surface area contributed by atoms with E-state index >= 15 is 0 Å². The quantitative estimate of drug-likeness (QED) is 0.663. The number of allylic oxidation sites excluding steroid dienone is 3. The molecule has 0 amide bonds. The lowest BCUT2D eigenvalue weighted by Crippen LogP contribution is -2.17. The first-order valence-corrected chi connectivity index (χ1v) is 3.87. The van der Waals surface area contributed by atoms with Crippen LogP contribution in [0.4, 0.5) is 0 Å². The summed E-state index contributed by atoms with van der Waals surface area (Å²) < 4.78 is 4.84. The number of hydrogen-bond donors (Lipinski definition) is 1. The van der Waals surface area contributed by atoms with E-state index in [1.165, 1.54) is 0 Å². The van der Waals surface area contributed by atoms with Gasteiger partial charge in [-0.05, 0) is 18.4 Å². The lowest BCUT2D eigenvalue weighted by Gasteiger charge is -2.14. The van der Waals surface area contributed by atoms with Crippen molar-refractivity contribution in [3.63, 3.8) is 0 Å². The van der Waals surface area contributed by atoms with Gasteiger partial charge in [-0.3, -0.25) is 0 Å². The Bertz CT molecular complexity index is 170. The number of rotatable bonds is 3. The van der Waals surface area contributed by atoms with Gasteiger partial charge < -0.3 is 9.84 Å². The molecule has 0 aromatic carbocycles. The van der Waals surface area contributed by atoms with Crippen LogP contribution in [0.25, 0.3) is 0 Å². The Hall–Kier alpha value is -0.600. The molecule has 2 heteroatoms. The van der Waals surface area contributed by atoms with Crippen LogP contribution in [0.5, 0.6) is 0 Å². The second-order valence-electron chi connectivity index (χ2n) is 2.68. The Morgan fingerprint density at radius 3 is 3.09 bits per heavy atom. The third-order valence-electron chi connectivity index (χ3n) is 1.80. The average Bonchev–Trinajstić information content (AvgIpc) is 2.07. The molecule has 0 saturated heterocycles. The molecule has 0 spiro atoms. The zero-order valence-electron chi connectivity index (χ0n) is 6.79. The number of aliphatic hydroxyl groups is 1. The SMILES string of the molecule is COCC(O)C1=CC=CCC1. The zero-order chi connectivity index (χ0) is 8.10. The minimum atomic E-state index is -0.412. The summed E-state index contributed by atoms with van der Waals surface area (Å²) in [6.45, 7) is 0.402. The van der Waals surface area contributed by atoms with Gasteiger partial charge in [-0.15, -0.1) is 0 Å². The fourth-order valence-electron chi connectivity index (χ4n) is 1.16. The summed E-state index contributed by atoms with van der Waals surface area (Å²) >= 11 is 0. The Kier molecular flexibility index (Phi) is 3.33. The summed E-state index contributed by atoms with van der Waals surface area (Å²) in [6, 6.07) is 0.